The van der Waals surface area contributed by atoms with Gasteiger partial charge >= 0.3 is 0 Å². The van der Waals surface area contributed by atoms with Gasteiger partial charge < -0.3 is 4.90 Å². The van der Waals surface area contributed by atoms with Gasteiger partial charge in [-0.1, -0.05) is 27.7 Å². The van der Waals surface area contributed by atoms with Crippen LogP contribution in [0.15, 0.2) is 0 Å². The molecule has 1 amide bonds. The maximum Gasteiger partial charge on any atom is 0.243 e. The van der Waals surface area contributed by atoms with Crippen LogP contribution in [0, 0.1) is 22.7 Å². The van der Waals surface area contributed by atoms with Crippen molar-refractivity contribution in [3.05, 3.63) is 0 Å². The summed E-state index contributed by atoms with van der Waals surface area (Å²) < 4.78 is 0. The third-order valence-corrected chi connectivity index (χ3v) is 4.03. The van der Waals surface area contributed by atoms with E-state index in [0.717, 1.165) is 25.8 Å². The van der Waals surface area contributed by atoms with Crippen LogP contribution in [0.4, 0.5) is 0 Å². The SMILES string of the molecule is CCC(C#N)(CC)C(=O)N(CCC(C)C)C1CC1. The third kappa shape index (κ3) is 3.25. The molecule has 1 aliphatic rings. The molecular weight excluding hydrogens is 224 g/mol. The molecule has 0 N–H and O–H groups in total. The van der Waals surface area contributed by atoms with Crippen molar-refractivity contribution in [1.82, 2.24) is 4.90 Å². The van der Waals surface area contributed by atoms with Crippen molar-refractivity contribution in [2.75, 3.05) is 6.54 Å². The molecule has 0 heterocycles. The van der Waals surface area contributed by atoms with Gasteiger partial charge in [-0.05, 0) is 38.0 Å². The van der Waals surface area contributed by atoms with E-state index < -0.39 is 5.41 Å². The molecule has 0 aromatic heterocycles. The first-order chi connectivity index (χ1) is 8.50. The Labute approximate surface area is 111 Å². The number of nitriles is 1. The Balaban J connectivity index is 2.78. The minimum absolute atomic E-state index is 0.0677. The molecule has 3 nitrogen and oxygen atoms in total. The van der Waals surface area contributed by atoms with Crippen LogP contribution in [0.3, 0.4) is 0 Å². The summed E-state index contributed by atoms with van der Waals surface area (Å²) in [5.41, 5.74) is -0.792. The van der Waals surface area contributed by atoms with Gasteiger partial charge in [0, 0.05) is 12.6 Å². The van der Waals surface area contributed by atoms with Gasteiger partial charge in [0.25, 0.3) is 0 Å². The van der Waals surface area contributed by atoms with Crippen molar-refractivity contribution >= 4 is 5.91 Å². The van der Waals surface area contributed by atoms with Crippen molar-refractivity contribution in [2.24, 2.45) is 11.3 Å². The minimum Gasteiger partial charge on any atom is -0.338 e. The molecular formula is C15H26N2O. The summed E-state index contributed by atoms with van der Waals surface area (Å²) in [6.07, 6.45) is 4.47. The van der Waals surface area contributed by atoms with Crippen LogP contribution < -0.4 is 0 Å². The van der Waals surface area contributed by atoms with Crippen molar-refractivity contribution < 1.29 is 4.79 Å². The van der Waals surface area contributed by atoms with Crippen LogP contribution in [0.5, 0.6) is 0 Å². The van der Waals surface area contributed by atoms with Gasteiger partial charge in [-0.25, -0.2) is 0 Å². The van der Waals surface area contributed by atoms with Crippen molar-refractivity contribution in [3.63, 3.8) is 0 Å². The first-order valence-corrected chi connectivity index (χ1v) is 7.23. The lowest BCUT2D eigenvalue weighted by molar-refractivity contribution is -0.140. The number of hydrogen-bond donors (Lipinski definition) is 0. The molecule has 1 fully saturated rings. The molecule has 18 heavy (non-hydrogen) atoms. The number of rotatable bonds is 7. The van der Waals surface area contributed by atoms with Gasteiger partial charge in [0.05, 0.1) is 6.07 Å². The zero-order valence-electron chi connectivity index (χ0n) is 12.2. The van der Waals surface area contributed by atoms with Crippen LogP contribution in [0.1, 0.15) is 59.8 Å². The summed E-state index contributed by atoms with van der Waals surface area (Å²) in [5, 5.41) is 9.38. The normalized spacial score (nSPS) is 15.6. The molecule has 0 spiro atoms. The summed E-state index contributed by atoms with van der Waals surface area (Å²) >= 11 is 0. The highest BCUT2D eigenvalue weighted by Crippen LogP contribution is 2.35. The largest absolute Gasteiger partial charge is 0.338 e. The topological polar surface area (TPSA) is 44.1 Å². The Kier molecular flexibility index (Phi) is 5.19. The van der Waals surface area contributed by atoms with Crippen LogP contribution in [-0.2, 0) is 4.79 Å². The zero-order valence-corrected chi connectivity index (χ0v) is 12.2. The van der Waals surface area contributed by atoms with Crippen molar-refractivity contribution in [3.8, 4) is 6.07 Å². The van der Waals surface area contributed by atoms with Gasteiger partial charge in [0.15, 0.2) is 0 Å². The Morgan fingerprint density at radius 3 is 2.28 bits per heavy atom. The molecule has 0 aromatic carbocycles. The third-order valence-electron chi connectivity index (χ3n) is 4.03. The van der Waals surface area contributed by atoms with Crippen LogP contribution in [0.2, 0.25) is 0 Å². The van der Waals surface area contributed by atoms with Gasteiger partial charge in [0.2, 0.25) is 5.91 Å². The number of amides is 1. The monoisotopic (exact) mass is 250 g/mol. The smallest absolute Gasteiger partial charge is 0.243 e. The quantitative estimate of drug-likeness (QED) is 0.695. The van der Waals surface area contributed by atoms with Gasteiger partial charge in [-0.2, -0.15) is 5.26 Å². The average Bonchev–Trinajstić information content (AvgIpc) is 3.16. The highest BCUT2D eigenvalue weighted by molar-refractivity contribution is 5.86. The number of nitrogens with zero attached hydrogens (tertiary/aromatic N) is 2. The van der Waals surface area contributed by atoms with Gasteiger partial charge in [-0.15, -0.1) is 0 Å². The molecule has 1 aliphatic carbocycles. The fourth-order valence-electron chi connectivity index (χ4n) is 2.27. The van der Waals surface area contributed by atoms with E-state index >= 15 is 0 Å². The average molecular weight is 250 g/mol. The first kappa shape index (κ1) is 15.0. The predicted octanol–water partition coefficient (Wildman–Crippen LogP) is 3.35. The number of carbonyl (C=O) groups excluding carboxylic acids is 1. The molecule has 0 bridgehead atoms. The fraction of sp³-hybridized carbons (Fsp3) is 0.867. The van der Waals surface area contributed by atoms with Gasteiger partial charge in [-0.3, -0.25) is 4.79 Å². The second-order valence-corrected chi connectivity index (χ2v) is 5.81. The summed E-state index contributed by atoms with van der Waals surface area (Å²) in [6.45, 7) is 9.04. The zero-order chi connectivity index (χ0) is 13.8. The molecule has 0 saturated heterocycles. The molecule has 102 valence electrons. The van der Waals surface area contributed by atoms with Crippen LogP contribution in [-0.4, -0.2) is 23.4 Å². The standard InChI is InChI=1S/C15H26N2O/c1-5-15(6-2,11-16)14(18)17(13-7-8-13)10-9-12(3)4/h12-13H,5-10H2,1-4H3. The summed E-state index contributed by atoms with van der Waals surface area (Å²) in [6, 6.07) is 2.68. The molecule has 0 atom stereocenters. The van der Waals surface area contributed by atoms with E-state index in [4.69, 9.17) is 0 Å². The maximum atomic E-state index is 12.7. The Bertz CT molecular complexity index is 322. The van der Waals surface area contributed by atoms with E-state index in [2.05, 4.69) is 19.9 Å². The Morgan fingerprint density at radius 2 is 1.94 bits per heavy atom. The highest BCUT2D eigenvalue weighted by Gasteiger charge is 2.43. The number of carbonyl (C=O) groups is 1. The molecule has 1 saturated carbocycles. The van der Waals surface area contributed by atoms with Crippen molar-refractivity contribution in [2.45, 2.75) is 65.8 Å². The first-order valence-electron chi connectivity index (χ1n) is 7.23. The Morgan fingerprint density at radius 1 is 1.39 bits per heavy atom. The van der Waals surface area contributed by atoms with E-state index in [1.54, 1.807) is 0 Å². The maximum absolute atomic E-state index is 12.7. The summed E-state index contributed by atoms with van der Waals surface area (Å²) in [5.74, 6) is 0.664. The van der Waals surface area contributed by atoms with E-state index in [-0.39, 0.29) is 5.91 Å². The molecule has 1 rings (SSSR count). The van der Waals surface area contributed by atoms with E-state index in [9.17, 15) is 10.1 Å². The molecule has 3 heteroatoms. The Hall–Kier alpha value is -1.04. The van der Waals surface area contributed by atoms with Crippen molar-refractivity contribution in [1.29, 1.82) is 5.26 Å². The van der Waals surface area contributed by atoms with E-state index in [1.807, 2.05) is 18.7 Å². The lowest BCUT2D eigenvalue weighted by Gasteiger charge is -2.32. The number of hydrogen-bond acceptors (Lipinski definition) is 2. The highest BCUT2D eigenvalue weighted by atomic mass is 16.2. The molecule has 0 aliphatic heterocycles. The van der Waals surface area contributed by atoms with E-state index in [1.165, 1.54) is 0 Å². The lowest BCUT2D eigenvalue weighted by atomic mass is 9.82. The lowest BCUT2D eigenvalue weighted by Crippen LogP contribution is -2.44. The summed E-state index contributed by atoms with van der Waals surface area (Å²) in [4.78, 5) is 14.6. The van der Waals surface area contributed by atoms with Crippen LogP contribution >= 0.6 is 0 Å². The second-order valence-electron chi connectivity index (χ2n) is 5.81. The van der Waals surface area contributed by atoms with Crippen LogP contribution in [0.25, 0.3) is 0 Å². The van der Waals surface area contributed by atoms with E-state index in [0.29, 0.717) is 24.8 Å². The fourth-order valence-corrected chi connectivity index (χ4v) is 2.27. The predicted molar refractivity (Wildman–Crippen MR) is 72.8 cm³/mol. The summed E-state index contributed by atoms with van der Waals surface area (Å²) in [7, 11) is 0. The minimum atomic E-state index is -0.792. The second kappa shape index (κ2) is 6.22. The van der Waals surface area contributed by atoms with Gasteiger partial charge in [0.1, 0.15) is 5.41 Å². The molecule has 0 unspecified atom stereocenters. The molecule has 0 radical (unpaired) electrons. The molecule has 0 aromatic rings.